The molecule has 0 spiro atoms. The smallest absolute Gasteiger partial charge is 0.308 e. The number of carbonyl (C=O) groups is 2. The van der Waals surface area contributed by atoms with Crippen molar-refractivity contribution in [1.82, 2.24) is 5.32 Å². The van der Waals surface area contributed by atoms with Gasteiger partial charge in [0.2, 0.25) is 5.91 Å². The second kappa shape index (κ2) is 7.92. The SMILES string of the molecule is COC1CCC(C(=O)NC2CCCCC2C(=O)O)CC1OC. The number of hydrogen-bond donors (Lipinski definition) is 2. The highest BCUT2D eigenvalue weighted by atomic mass is 16.5. The largest absolute Gasteiger partial charge is 0.481 e. The van der Waals surface area contributed by atoms with Gasteiger partial charge in [0.15, 0.2) is 0 Å². The number of nitrogens with one attached hydrogen (secondary N) is 1. The number of carbonyl (C=O) groups excluding carboxylic acids is 1. The van der Waals surface area contributed by atoms with Crippen LogP contribution < -0.4 is 5.32 Å². The first-order valence-electron chi connectivity index (χ1n) is 8.15. The van der Waals surface area contributed by atoms with E-state index >= 15 is 0 Å². The molecule has 1 amide bonds. The molecule has 2 rings (SSSR count). The summed E-state index contributed by atoms with van der Waals surface area (Å²) in [7, 11) is 3.30. The third kappa shape index (κ3) is 3.98. The van der Waals surface area contributed by atoms with Crippen LogP contribution in [0.25, 0.3) is 0 Å². The molecule has 0 aromatic carbocycles. The van der Waals surface area contributed by atoms with Crippen molar-refractivity contribution in [2.24, 2.45) is 11.8 Å². The number of methoxy groups -OCH3 is 2. The van der Waals surface area contributed by atoms with Crippen LogP contribution >= 0.6 is 0 Å². The Balaban J connectivity index is 1.92. The number of amides is 1. The lowest BCUT2D eigenvalue weighted by atomic mass is 9.82. The van der Waals surface area contributed by atoms with Crippen molar-refractivity contribution in [1.29, 1.82) is 0 Å². The fourth-order valence-corrected chi connectivity index (χ4v) is 3.76. The molecule has 2 N–H and O–H groups in total. The monoisotopic (exact) mass is 313 g/mol. The molecule has 2 aliphatic carbocycles. The van der Waals surface area contributed by atoms with Crippen LogP contribution in [0.15, 0.2) is 0 Å². The number of hydrogen-bond acceptors (Lipinski definition) is 4. The van der Waals surface area contributed by atoms with Gasteiger partial charge in [0.05, 0.1) is 18.1 Å². The molecular formula is C16H27NO5. The summed E-state index contributed by atoms with van der Waals surface area (Å²) in [6, 6.07) is -0.236. The molecule has 0 aromatic heterocycles. The van der Waals surface area contributed by atoms with Gasteiger partial charge >= 0.3 is 5.97 Å². The summed E-state index contributed by atoms with van der Waals surface area (Å²) in [5.41, 5.74) is 0. The molecular weight excluding hydrogens is 286 g/mol. The van der Waals surface area contributed by atoms with Gasteiger partial charge in [-0.15, -0.1) is 0 Å². The van der Waals surface area contributed by atoms with Crippen LogP contribution in [0.3, 0.4) is 0 Å². The summed E-state index contributed by atoms with van der Waals surface area (Å²) in [4.78, 5) is 23.8. The van der Waals surface area contributed by atoms with Crippen molar-refractivity contribution in [3.63, 3.8) is 0 Å². The minimum atomic E-state index is -0.803. The molecule has 22 heavy (non-hydrogen) atoms. The van der Waals surface area contributed by atoms with E-state index in [4.69, 9.17) is 9.47 Å². The first kappa shape index (κ1) is 17.2. The van der Waals surface area contributed by atoms with Crippen LogP contribution in [0.4, 0.5) is 0 Å². The summed E-state index contributed by atoms with van der Waals surface area (Å²) in [5.74, 6) is -1.41. The van der Waals surface area contributed by atoms with Crippen molar-refractivity contribution in [2.75, 3.05) is 14.2 Å². The molecule has 6 nitrogen and oxygen atoms in total. The molecule has 6 heteroatoms. The second-order valence-corrected chi connectivity index (χ2v) is 6.40. The van der Waals surface area contributed by atoms with E-state index in [1.807, 2.05) is 0 Å². The fourth-order valence-electron chi connectivity index (χ4n) is 3.76. The zero-order valence-electron chi connectivity index (χ0n) is 13.4. The molecule has 2 fully saturated rings. The highest BCUT2D eigenvalue weighted by molar-refractivity contribution is 5.80. The Morgan fingerprint density at radius 3 is 2.32 bits per heavy atom. The number of aliphatic carboxylic acids is 1. The van der Waals surface area contributed by atoms with Crippen LogP contribution in [0.1, 0.15) is 44.9 Å². The lowest BCUT2D eigenvalue weighted by molar-refractivity contribution is -0.144. The van der Waals surface area contributed by atoms with E-state index in [0.717, 1.165) is 32.1 Å². The first-order valence-corrected chi connectivity index (χ1v) is 8.15. The van der Waals surface area contributed by atoms with Gasteiger partial charge in [0, 0.05) is 26.2 Å². The maximum absolute atomic E-state index is 12.5. The average molecular weight is 313 g/mol. The zero-order valence-corrected chi connectivity index (χ0v) is 13.4. The molecule has 0 bridgehead atoms. The van der Waals surface area contributed by atoms with Gasteiger partial charge in [-0.1, -0.05) is 12.8 Å². The summed E-state index contributed by atoms with van der Waals surface area (Å²) in [6.07, 6.45) is 5.45. The first-order chi connectivity index (χ1) is 10.6. The van der Waals surface area contributed by atoms with Gasteiger partial charge in [0.1, 0.15) is 0 Å². The Hall–Kier alpha value is -1.14. The number of carboxylic acid groups (broad SMARTS) is 1. The van der Waals surface area contributed by atoms with E-state index in [2.05, 4.69) is 5.32 Å². The molecule has 0 aromatic rings. The van der Waals surface area contributed by atoms with E-state index < -0.39 is 11.9 Å². The van der Waals surface area contributed by atoms with E-state index in [1.165, 1.54) is 0 Å². The second-order valence-electron chi connectivity index (χ2n) is 6.40. The lowest BCUT2D eigenvalue weighted by Crippen LogP contribution is -2.49. The molecule has 0 heterocycles. The van der Waals surface area contributed by atoms with Gasteiger partial charge in [-0.25, -0.2) is 0 Å². The molecule has 0 saturated heterocycles. The summed E-state index contributed by atoms with van der Waals surface area (Å²) >= 11 is 0. The van der Waals surface area contributed by atoms with Crippen molar-refractivity contribution < 1.29 is 24.2 Å². The van der Waals surface area contributed by atoms with Crippen molar-refractivity contribution >= 4 is 11.9 Å². The van der Waals surface area contributed by atoms with Gasteiger partial charge in [-0.3, -0.25) is 9.59 Å². The normalized spacial score (nSPS) is 35.8. The van der Waals surface area contributed by atoms with Gasteiger partial charge in [-0.05, 0) is 32.1 Å². The Bertz CT molecular complexity index is 400. The van der Waals surface area contributed by atoms with E-state index in [1.54, 1.807) is 14.2 Å². The van der Waals surface area contributed by atoms with Crippen LogP contribution in [-0.4, -0.2) is 49.5 Å². The minimum Gasteiger partial charge on any atom is -0.481 e. The van der Waals surface area contributed by atoms with Crippen molar-refractivity contribution in [3.05, 3.63) is 0 Å². The molecule has 0 aliphatic heterocycles. The molecule has 126 valence electrons. The van der Waals surface area contributed by atoms with Crippen molar-refractivity contribution in [2.45, 2.75) is 63.2 Å². The number of rotatable bonds is 5. The summed E-state index contributed by atoms with van der Waals surface area (Å²) in [6.45, 7) is 0. The third-order valence-corrected chi connectivity index (χ3v) is 5.12. The Kier molecular flexibility index (Phi) is 6.20. The summed E-state index contributed by atoms with van der Waals surface area (Å²) < 4.78 is 10.8. The van der Waals surface area contributed by atoms with Gasteiger partial charge in [-0.2, -0.15) is 0 Å². The Morgan fingerprint density at radius 2 is 1.68 bits per heavy atom. The third-order valence-electron chi connectivity index (χ3n) is 5.12. The van der Waals surface area contributed by atoms with Crippen LogP contribution in [-0.2, 0) is 19.1 Å². The van der Waals surface area contributed by atoms with E-state index in [0.29, 0.717) is 12.8 Å². The number of carboxylic acids is 1. The maximum atomic E-state index is 12.5. The van der Waals surface area contributed by atoms with Gasteiger partial charge < -0.3 is 19.9 Å². The summed E-state index contributed by atoms with van der Waals surface area (Å²) in [5, 5.41) is 12.3. The Labute approximate surface area is 131 Å². The van der Waals surface area contributed by atoms with Crippen LogP contribution in [0, 0.1) is 11.8 Å². The van der Waals surface area contributed by atoms with Crippen LogP contribution in [0.5, 0.6) is 0 Å². The highest BCUT2D eigenvalue weighted by Gasteiger charge is 2.37. The standard InChI is InChI=1S/C16H27NO5/c1-21-13-8-7-10(9-14(13)22-2)15(18)17-12-6-4-3-5-11(12)16(19)20/h10-14H,3-9H2,1-2H3,(H,17,18)(H,19,20). The maximum Gasteiger partial charge on any atom is 0.308 e. The quantitative estimate of drug-likeness (QED) is 0.805. The van der Waals surface area contributed by atoms with Gasteiger partial charge in [0.25, 0.3) is 0 Å². The van der Waals surface area contributed by atoms with E-state index in [-0.39, 0.29) is 30.1 Å². The van der Waals surface area contributed by atoms with Crippen molar-refractivity contribution in [3.8, 4) is 0 Å². The molecule has 5 unspecified atom stereocenters. The highest BCUT2D eigenvalue weighted by Crippen LogP contribution is 2.30. The molecule has 5 atom stereocenters. The van der Waals surface area contributed by atoms with E-state index in [9.17, 15) is 14.7 Å². The molecule has 0 radical (unpaired) electrons. The molecule has 2 aliphatic rings. The average Bonchev–Trinajstić information content (AvgIpc) is 2.54. The van der Waals surface area contributed by atoms with Crippen LogP contribution in [0.2, 0.25) is 0 Å². The minimum absolute atomic E-state index is 0.0326. The fraction of sp³-hybridized carbons (Fsp3) is 0.875. The topological polar surface area (TPSA) is 84.9 Å². The zero-order chi connectivity index (χ0) is 16.1. The number of ether oxygens (including phenoxy) is 2. The predicted molar refractivity (Wildman–Crippen MR) is 80.5 cm³/mol. The lowest BCUT2D eigenvalue weighted by Gasteiger charge is -2.35. The predicted octanol–water partition coefficient (Wildman–Crippen LogP) is 1.58. The Morgan fingerprint density at radius 1 is 1.00 bits per heavy atom. The molecule has 2 saturated carbocycles.